The summed E-state index contributed by atoms with van der Waals surface area (Å²) in [6.45, 7) is 14.4. The first-order valence-corrected chi connectivity index (χ1v) is 8.21. The molecule has 0 aliphatic carbocycles. The minimum atomic E-state index is -0.110. The molecule has 0 bridgehead atoms. The predicted octanol–water partition coefficient (Wildman–Crippen LogP) is 3.61. The summed E-state index contributed by atoms with van der Waals surface area (Å²) < 4.78 is 6.10. The quantitative estimate of drug-likeness (QED) is 0.866. The molecule has 2 rings (SSSR count). The Morgan fingerprint density at radius 2 is 1.95 bits per heavy atom. The van der Waals surface area contributed by atoms with E-state index in [2.05, 4.69) is 69.1 Å². The zero-order valence-corrected chi connectivity index (χ0v) is 14.1. The fraction of sp³-hybridized carbons (Fsp3) is 0.667. The van der Waals surface area contributed by atoms with Gasteiger partial charge >= 0.3 is 0 Å². The summed E-state index contributed by atoms with van der Waals surface area (Å²) in [5.74, 6) is 1.03. The van der Waals surface area contributed by atoms with Gasteiger partial charge in [0, 0.05) is 30.6 Å². The van der Waals surface area contributed by atoms with Crippen molar-refractivity contribution in [2.45, 2.75) is 58.7 Å². The second kappa shape index (κ2) is 6.80. The Bertz CT molecular complexity index is 454. The lowest BCUT2D eigenvalue weighted by Crippen LogP contribution is -2.45. The number of nitrogens with zero attached hydrogens (tertiary/aromatic N) is 1. The van der Waals surface area contributed by atoms with Gasteiger partial charge in [-0.15, -0.1) is 0 Å². The van der Waals surface area contributed by atoms with Crippen LogP contribution in [-0.2, 0) is 0 Å². The molecule has 118 valence electrons. The third-order valence-electron chi connectivity index (χ3n) is 4.29. The maximum atomic E-state index is 6.10. The Balaban J connectivity index is 2.08. The zero-order chi connectivity index (χ0) is 15.5. The van der Waals surface area contributed by atoms with Crippen LogP contribution in [0.3, 0.4) is 0 Å². The average Bonchev–Trinajstić information content (AvgIpc) is 2.43. The van der Waals surface area contributed by atoms with Gasteiger partial charge < -0.3 is 15.0 Å². The van der Waals surface area contributed by atoms with E-state index < -0.39 is 0 Å². The van der Waals surface area contributed by atoms with Gasteiger partial charge in [0.15, 0.2) is 0 Å². The highest BCUT2D eigenvalue weighted by atomic mass is 16.5. The van der Waals surface area contributed by atoms with Crippen LogP contribution in [0.5, 0.6) is 5.75 Å². The van der Waals surface area contributed by atoms with Crippen molar-refractivity contribution in [3.8, 4) is 5.75 Å². The lowest BCUT2D eigenvalue weighted by atomic mass is 9.89. The second-order valence-electron chi connectivity index (χ2n) is 6.71. The van der Waals surface area contributed by atoms with Crippen molar-refractivity contribution in [1.29, 1.82) is 0 Å². The van der Waals surface area contributed by atoms with E-state index >= 15 is 0 Å². The first-order valence-electron chi connectivity index (χ1n) is 8.21. The first kappa shape index (κ1) is 16.3. The van der Waals surface area contributed by atoms with Crippen molar-refractivity contribution in [2.24, 2.45) is 0 Å². The lowest BCUT2D eigenvalue weighted by Gasteiger charge is -2.39. The number of likely N-dealkylation sites (N-methyl/N-ethyl adjacent to an activating group) is 1. The fourth-order valence-electron chi connectivity index (χ4n) is 3.22. The molecule has 2 unspecified atom stereocenters. The van der Waals surface area contributed by atoms with Crippen molar-refractivity contribution < 1.29 is 4.74 Å². The van der Waals surface area contributed by atoms with Crippen LogP contribution in [0, 0.1) is 0 Å². The molecule has 3 nitrogen and oxygen atoms in total. The van der Waals surface area contributed by atoms with E-state index in [4.69, 9.17) is 4.74 Å². The summed E-state index contributed by atoms with van der Waals surface area (Å²) in [5, 5.41) is 3.81. The molecule has 0 amide bonds. The minimum absolute atomic E-state index is 0.110. The molecule has 2 atom stereocenters. The lowest BCUT2D eigenvalue weighted by molar-refractivity contribution is 0.0629. The monoisotopic (exact) mass is 290 g/mol. The van der Waals surface area contributed by atoms with Crippen LogP contribution in [0.4, 0.5) is 0 Å². The highest BCUT2D eigenvalue weighted by Crippen LogP contribution is 2.39. The number of nitrogens with one attached hydrogen (secondary N) is 1. The van der Waals surface area contributed by atoms with E-state index in [9.17, 15) is 0 Å². The van der Waals surface area contributed by atoms with E-state index in [-0.39, 0.29) is 5.60 Å². The van der Waals surface area contributed by atoms with Gasteiger partial charge in [-0.05, 0) is 39.9 Å². The average molecular weight is 290 g/mol. The molecular weight excluding hydrogens is 260 g/mol. The summed E-state index contributed by atoms with van der Waals surface area (Å²) in [6.07, 6.45) is 1.01. The van der Waals surface area contributed by atoms with Gasteiger partial charge in [0.05, 0.1) is 0 Å². The standard InChI is InChI=1S/C18H30N2O/c1-6-20(7-2)13-14(3)19-16-12-18(4,5)21-17-11-9-8-10-15(16)17/h8-11,14,16,19H,6-7,12-13H2,1-5H3. The molecule has 0 radical (unpaired) electrons. The molecule has 0 spiro atoms. The van der Waals surface area contributed by atoms with Gasteiger partial charge in [0.1, 0.15) is 11.4 Å². The largest absolute Gasteiger partial charge is 0.487 e. The third kappa shape index (κ3) is 4.21. The van der Waals surface area contributed by atoms with Crippen molar-refractivity contribution in [3.05, 3.63) is 29.8 Å². The predicted molar refractivity (Wildman–Crippen MR) is 88.9 cm³/mol. The van der Waals surface area contributed by atoms with E-state index in [0.717, 1.165) is 31.8 Å². The fourth-order valence-corrected chi connectivity index (χ4v) is 3.22. The Labute approximate surface area is 129 Å². The molecule has 1 aliphatic rings. The first-order chi connectivity index (χ1) is 9.95. The van der Waals surface area contributed by atoms with Crippen molar-refractivity contribution >= 4 is 0 Å². The van der Waals surface area contributed by atoms with Gasteiger partial charge in [0.25, 0.3) is 0 Å². The minimum Gasteiger partial charge on any atom is -0.487 e. The molecular formula is C18H30N2O. The van der Waals surface area contributed by atoms with Gasteiger partial charge in [-0.2, -0.15) is 0 Å². The Kier molecular flexibility index (Phi) is 5.28. The summed E-state index contributed by atoms with van der Waals surface area (Å²) in [7, 11) is 0. The summed E-state index contributed by atoms with van der Waals surface area (Å²) in [6, 6.07) is 9.26. The highest BCUT2D eigenvalue weighted by Gasteiger charge is 2.33. The van der Waals surface area contributed by atoms with Crippen LogP contribution in [0.2, 0.25) is 0 Å². The van der Waals surface area contributed by atoms with Crippen molar-refractivity contribution in [1.82, 2.24) is 10.2 Å². The molecule has 0 aromatic heterocycles. The van der Waals surface area contributed by atoms with Crippen molar-refractivity contribution in [3.63, 3.8) is 0 Å². The smallest absolute Gasteiger partial charge is 0.124 e. The number of hydrogen-bond acceptors (Lipinski definition) is 3. The number of benzene rings is 1. The second-order valence-corrected chi connectivity index (χ2v) is 6.71. The SMILES string of the molecule is CCN(CC)CC(C)NC1CC(C)(C)Oc2ccccc21. The van der Waals surface area contributed by atoms with Crippen LogP contribution < -0.4 is 10.1 Å². The molecule has 21 heavy (non-hydrogen) atoms. The molecule has 1 aromatic carbocycles. The van der Waals surface area contributed by atoms with E-state index in [1.165, 1.54) is 5.56 Å². The van der Waals surface area contributed by atoms with E-state index in [1.807, 2.05) is 0 Å². The van der Waals surface area contributed by atoms with Gasteiger partial charge in [0.2, 0.25) is 0 Å². The van der Waals surface area contributed by atoms with Crippen LogP contribution in [0.15, 0.2) is 24.3 Å². The maximum absolute atomic E-state index is 6.10. The number of para-hydroxylation sites is 1. The number of fused-ring (bicyclic) bond motifs is 1. The Hall–Kier alpha value is -1.06. The molecule has 1 heterocycles. The third-order valence-corrected chi connectivity index (χ3v) is 4.29. The maximum Gasteiger partial charge on any atom is 0.124 e. The van der Waals surface area contributed by atoms with E-state index in [0.29, 0.717) is 12.1 Å². The Morgan fingerprint density at radius 1 is 1.29 bits per heavy atom. The normalized spacial score (nSPS) is 21.7. The van der Waals surface area contributed by atoms with Gasteiger partial charge in [-0.25, -0.2) is 0 Å². The molecule has 1 aromatic rings. The number of hydrogen-bond donors (Lipinski definition) is 1. The highest BCUT2D eigenvalue weighted by molar-refractivity contribution is 5.38. The van der Waals surface area contributed by atoms with Crippen LogP contribution >= 0.6 is 0 Å². The zero-order valence-electron chi connectivity index (χ0n) is 14.1. The van der Waals surface area contributed by atoms with Gasteiger partial charge in [-0.1, -0.05) is 32.0 Å². The molecule has 0 saturated heterocycles. The van der Waals surface area contributed by atoms with Crippen molar-refractivity contribution in [2.75, 3.05) is 19.6 Å². The summed E-state index contributed by atoms with van der Waals surface area (Å²) in [4.78, 5) is 2.47. The molecule has 1 N–H and O–H groups in total. The summed E-state index contributed by atoms with van der Waals surface area (Å²) >= 11 is 0. The topological polar surface area (TPSA) is 24.5 Å². The Morgan fingerprint density at radius 3 is 2.62 bits per heavy atom. The number of rotatable bonds is 6. The molecule has 0 saturated carbocycles. The van der Waals surface area contributed by atoms with Crippen LogP contribution in [-0.4, -0.2) is 36.2 Å². The van der Waals surface area contributed by atoms with E-state index in [1.54, 1.807) is 0 Å². The van der Waals surface area contributed by atoms with Crippen LogP contribution in [0.25, 0.3) is 0 Å². The molecule has 1 aliphatic heterocycles. The molecule has 0 fully saturated rings. The van der Waals surface area contributed by atoms with Crippen LogP contribution in [0.1, 0.15) is 52.6 Å². The number of ether oxygens (including phenoxy) is 1. The summed E-state index contributed by atoms with van der Waals surface area (Å²) in [5.41, 5.74) is 1.18. The molecule has 3 heteroatoms. The van der Waals surface area contributed by atoms with Gasteiger partial charge in [-0.3, -0.25) is 0 Å².